The van der Waals surface area contributed by atoms with E-state index in [4.69, 9.17) is 0 Å². The number of nitrogens with zero attached hydrogens (tertiary/aromatic N) is 3. The van der Waals surface area contributed by atoms with Crippen LogP contribution in [0.15, 0.2) is 44.4 Å². The van der Waals surface area contributed by atoms with Crippen LogP contribution in [0.3, 0.4) is 0 Å². The summed E-state index contributed by atoms with van der Waals surface area (Å²) in [6.07, 6.45) is 3.85. The van der Waals surface area contributed by atoms with Gasteiger partial charge in [0.2, 0.25) is 0 Å². The molecule has 0 aliphatic rings. The maximum Gasteiger partial charge on any atom is 0.194 e. The molecule has 1 N–H and O–H groups in total. The van der Waals surface area contributed by atoms with Gasteiger partial charge in [-0.05, 0) is 46.9 Å². The number of halogens is 1. The lowest BCUT2D eigenvalue weighted by Crippen LogP contribution is -2.08. The van der Waals surface area contributed by atoms with Crippen LogP contribution in [0.5, 0.6) is 0 Å². The molecule has 3 aromatic heterocycles. The number of thiazole rings is 1. The van der Waals surface area contributed by atoms with E-state index in [2.05, 4.69) is 41.8 Å². The second-order valence-corrected chi connectivity index (χ2v) is 6.55. The number of rotatable bonds is 4. The van der Waals surface area contributed by atoms with Gasteiger partial charge in [-0.3, -0.25) is 4.40 Å². The minimum atomic E-state index is 0.782. The molecule has 3 aromatic rings. The zero-order valence-corrected chi connectivity index (χ0v) is 13.3. The van der Waals surface area contributed by atoms with E-state index in [0.717, 1.165) is 26.0 Å². The highest BCUT2D eigenvalue weighted by Gasteiger charge is 2.15. The van der Waals surface area contributed by atoms with E-state index in [1.54, 1.807) is 29.3 Å². The van der Waals surface area contributed by atoms with Crippen molar-refractivity contribution in [1.29, 1.82) is 0 Å². The Labute approximate surface area is 127 Å². The molecule has 0 radical (unpaired) electrons. The fourth-order valence-electron chi connectivity index (χ4n) is 1.76. The molecule has 4 nitrogen and oxygen atoms in total. The van der Waals surface area contributed by atoms with Gasteiger partial charge in [-0.15, -0.1) is 11.3 Å². The summed E-state index contributed by atoms with van der Waals surface area (Å²) in [6.45, 7) is 0.782. The van der Waals surface area contributed by atoms with E-state index in [-0.39, 0.29) is 0 Å². The van der Waals surface area contributed by atoms with Crippen molar-refractivity contribution in [2.24, 2.45) is 0 Å². The molecule has 0 bridgehead atoms. The van der Waals surface area contributed by atoms with Crippen LogP contribution in [-0.2, 0) is 6.54 Å². The first-order valence-corrected chi connectivity index (χ1v) is 8.16. The number of hydrogen-bond donors (Lipinski definition) is 1. The van der Waals surface area contributed by atoms with Crippen molar-refractivity contribution >= 4 is 44.0 Å². The molecule has 0 amide bonds. The summed E-state index contributed by atoms with van der Waals surface area (Å²) in [6, 6.07) is 3.90. The maximum absolute atomic E-state index is 4.67. The molecule has 0 aliphatic heterocycles. The SMILES string of the molecule is CNCc1c(Sc2ncccc2Br)nc2sccn12. The molecule has 3 rings (SSSR count). The third-order valence-electron chi connectivity index (χ3n) is 2.59. The average molecular weight is 355 g/mol. The molecule has 0 aliphatic carbocycles. The minimum absolute atomic E-state index is 0.782. The van der Waals surface area contributed by atoms with Crippen LogP contribution in [0.4, 0.5) is 0 Å². The van der Waals surface area contributed by atoms with Crippen LogP contribution < -0.4 is 5.32 Å². The summed E-state index contributed by atoms with van der Waals surface area (Å²) in [4.78, 5) is 10.1. The number of fused-ring (bicyclic) bond motifs is 1. The van der Waals surface area contributed by atoms with Crippen molar-refractivity contribution in [2.45, 2.75) is 16.6 Å². The van der Waals surface area contributed by atoms with Crippen LogP contribution in [0, 0.1) is 0 Å². The van der Waals surface area contributed by atoms with Gasteiger partial charge >= 0.3 is 0 Å². The number of hydrogen-bond acceptors (Lipinski definition) is 5. The Morgan fingerprint density at radius 2 is 2.37 bits per heavy atom. The second-order valence-electron chi connectivity index (χ2n) is 3.84. The van der Waals surface area contributed by atoms with Gasteiger partial charge in [-0.1, -0.05) is 0 Å². The van der Waals surface area contributed by atoms with E-state index < -0.39 is 0 Å². The molecule has 0 unspecified atom stereocenters. The van der Waals surface area contributed by atoms with Crippen molar-refractivity contribution in [3.05, 3.63) is 40.1 Å². The van der Waals surface area contributed by atoms with Crippen LogP contribution in [0.25, 0.3) is 4.96 Å². The van der Waals surface area contributed by atoms with Gasteiger partial charge in [0, 0.05) is 24.3 Å². The summed E-state index contributed by atoms with van der Waals surface area (Å²) >= 11 is 6.75. The first-order valence-electron chi connectivity index (χ1n) is 5.67. The Hall–Kier alpha value is -0.890. The topological polar surface area (TPSA) is 42.2 Å². The third kappa shape index (κ3) is 2.55. The first-order chi connectivity index (χ1) is 9.29. The molecule has 0 spiro atoms. The van der Waals surface area contributed by atoms with E-state index >= 15 is 0 Å². The highest BCUT2D eigenvalue weighted by atomic mass is 79.9. The molecule has 0 saturated heterocycles. The van der Waals surface area contributed by atoms with Crippen LogP contribution in [0.1, 0.15) is 5.69 Å². The van der Waals surface area contributed by atoms with Gasteiger partial charge in [0.25, 0.3) is 0 Å². The number of aromatic nitrogens is 3. The van der Waals surface area contributed by atoms with Crippen molar-refractivity contribution in [3.8, 4) is 0 Å². The van der Waals surface area contributed by atoms with E-state index in [1.807, 2.05) is 24.6 Å². The molecule has 7 heteroatoms. The summed E-state index contributed by atoms with van der Waals surface area (Å²) in [7, 11) is 1.94. The van der Waals surface area contributed by atoms with Gasteiger partial charge in [0.15, 0.2) is 4.96 Å². The van der Waals surface area contributed by atoms with Crippen LogP contribution in [0.2, 0.25) is 0 Å². The van der Waals surface area contributed by atoms with Gasteiger partial charge in [0.05, 0.1) is 10.2 Å². The molecule has 3 heterocycles. The third-order valence-corrected chi connectivity index (χ3v) is 5.28. The lowest BCUT2D eigenvalue weighted by molar-refractivity contribution is 0.765. The lowest BCUT2D eigenvalue weighted by Gasteiger charge is -2.04. The van der Waals surface area contributed by atoms with Crippen molar-refractivity contribution in [2.75, 3.05) is 7.05 Å². The zero-order valence-electron chi connectivity index (χ0n) is 10.1. The number of pyridine rings is 1. The Morgan fingerprint density at radius 3 is 3.16 bits per heavy atom. The summed E-state index contributed by atoms with van der Waals surface area (Å²) in [5, 5.41) is 7.18. The Morgan fingerprint density at radius 1 is 1.47 bits per heavy atom. The fourth-order valence-corrected chi connectivity index (χ4v) is 3.93. The van der Waals surface area contributed by atoms with E-state index in [1.165, 1.54) is 5.69 Å². The monoisotopic (exact) mass is 354 g/mol. The van der Waals surface area contributed by atoms with Crippen LogP contribution >= 0.6 is 39.0 Å². The predicted octanol–water partition coefficient (Wildman–Crippen LogP) is 3.42. The van der Waals surface area contributed by atoms with Crippen molar-refractivity contribution in [3.63, 3.8) is 0 Å². The normalized spacial score (nSPS) is 11.3. The quantitative estimate of drug-likeness (QED) is 0.779. The standard InChI is InChI=1S/C12H11BrN4S2/c1-14-7-9-11(16-12-17(9)5-6-18-12)19-10-8(13)3-2-4-15-10/h2-6,14H,7H2,1H3. The van der Waals surface area contributed by atoms with Gasteiger partial charge in [0.1, 0.15) is 10.1 Å². The smallest absolute Gasteiger partial charge is 0.194 e. The summed E-state index contributed by atoms with van der Waals surface area (Å²) in [5.74, 6) is 0. The largest absolute Gasteiger partial charge is 0.314 e. The number of nitrogens with one attached hydrogen (secondary N) is 1. The molecule has 0 atom stereocenters. The zero-order chi connectivity index (χ0) is 13.2. The molecule has 98 valence electrons. The van der Waals surface area contributed by atoms with Gasteiger partial charge in [-0.2, -0.15) is 0 Å². The Balaban J connectivity index is 2.02. The molecular formula is C12H11BrN4S2. The molecule has 0 aromatic carbocycles. The Bertz CT molecular complexity index is 707. The van der Waals surface area contributed by atoms with Crippen LogP contribution in [-0.4, -0.2) is 21.4 Å². The van der Waals surface area contributed by atoms with Gasteiger partial charge in [-0.25, -0.2) is 9.97 Å². The molecule has 19 heavy (non-hydrogen) atoms. The average Bonchev–Trinajstić information content (AvgIpc) is 2.96. The molecule has 0 fully saturated rings. The van der Waals surface area contributed by atoms with Crippen molar-refractivity contribution in [1.82, 2.24) is 19.7 Å². The van der Waals surface area contributed by atoms with E-state index in [0.29, 0.717) is 0 Å². The predicted molar refractivity (Wildman–Crippen MR) is 81.9 cm³/mol. The molecule has 0 saturated carbocycles. The fraction of sp³-hybridized carbons (Fsp3) is 0.167. The molecular weight excluding hydrogens is 344 g/mol. The lowest BCUT2D eigenvalue weighted by atomic mass is 10.5. The second kappa shape index (κ2) is 5.62. The number of imidazole rings is 1. The maximum atomic E-state index is 4.67. The Kier molecular flexibility index (Phi) is 3.88. The highest BCUT2D eigenvalue weighted by Crippen LogP contribution is 2.34. The highest BCUT2D eigenvalue weighted by molar-refractivity contribution is 9.10. The summed E-state index contributed by atoms with van der Waals surface area (Å²) in [5.41, 5.74) is 1.17. The van der Waals surface area contributed by atoms with Gasteiger partial charge < -0.3 is 5.32 Å². The summed E-state index contributed by atoms with van der Waals surface area (Å²) < 4.78 is 3.12. The first kappa shape index (κ1) is 13.1. The minimum Gasteiger partial charge on any atom is -0.314 e. The van der Waals surface area contributed by atoms with Crippen molar-refractivity contribution < 1.29 is 0 Å². The van der Waals surface area contributed by atoms with E-state index in [9.17, 15) is 0 Å².